The van der Waals surface area contributed by atoms with E-state index in [9.17, 15) is 13.2 Å². The highest BCUT2D eigenvalue weighted by atomic mass is 32.2. The zero-order chi connectivity index (χ0) is 20.4. The van der Waals surface area contributed by atoms with Crippen LogP contribution in [0.25, 0.3) is 0 Å². The van der Waals surface area contributed by atoms with E-state index in [1.54, 1.807) is 18.2 Å². The maximum absolute atomic E-state index is 12.3. The number of amides is 1. The molecule has 1 fully saturated rings. The summed E-state index contributed by atoms with van der Waals surface area (Å²) in [4.78, 5) is 12.1. The molecule has 0 aliphatic heterocycles. The number of ether oxygens (including phenoxy) is 1. The van der Waals surface area contributed by atoms with Crippen LogP contribution in [0.5, 0.6) is 5.75 Å². The molecule has 1 aliphatic carbocycles. The molecule has 158 valence electrons. The number of para-hydroxylation sites is 2. The van der Waals surface area contributed by atoms with Gasteiger partial charge in [0.15, 0.2) is 0 Å². The molecule has 0 heterocycles. The normalized spacial score (nSPS) is 14.8. The summed E-state index contributed by atoms with van der Waals surface area (Å²) in [6.45, 7) is 3.23. The number of sulfonamides is 1. The highest BCUT2D eigenvalue weighted by Crippen LogP contribution is 2.30. The van der Waals surface area contributed by atoms with Gasteiger partial charge in [-0.05, 0) is 38.3 Å². The van der Waals surface area contributed by atoms with E-state index < -0.39 is 10.0 Å². The molecule has 8 heteroatoms. The molecule has 0 saturated heterocycles. The first-order chi connectivity index (χ1) is 13.4. The molecule has 1 amide bonds. The fraction of sp³-hybridized carbons (Fsp3) is 0.650. The Morgan fingerprint density at radius 1 is 1.29 bits per heavy atom. The lowest BCUT2D eigenvalue weighted by Crippen LogP contribution is -2.32. The summed E-state index contributed by atoms with van der Waals surface area (Å²) in [5.74, 6) is 1.44. The van der Waals surface area contributed by atoms with E-state index in [0.29, 0.717) is 37.4 Å². The maximum Gasteiger partial charge on any atom is 0.232 e. The van der Waals surface area contributed by atoms with E-state index in [0.717, 1.165) is 11.0 Å². The second kappa shape index (κ2) is 11.6. The minimum Gasteiger partial charge on any atom is -0.492 e. The quantitative estimate of drug-likeness (QED) is 0.516. The van der Waals surface area contributed by atoms with E-state index in [4.69, 9.17) is 4.74 Å². The number of thioether (sulfide) groups is 1. The molecule has 0 atom stereocenters. The van der Waals surface area contributed by atoms with Crippen LogP contribution in [0.4, 0.5) is 5.69 Å². The van der Waals surface area contributed by atoms with Crippen molar-refractivity contribution >= 4 is 33.4 Å². The minimum atomic E-state index is -3.47. The largest absolute Gasteiger partial charge is 0.492 e. The second-order valence-electron chi connectivity index (χ2n) is 6.97. The van der Waals surface area contributed by atoms with Gasteiger partial charge < -0.3 is 10.1 Å². The van der Waals surface area contributed by atoms with Crippen LogP contribution in [0.3, 0.4) is 0 Å². The van der Waals surface area contributed by atoms with Crippen LogP contribution < -0.4 is 14.4 Å². The summed E-state index contributed by atoms with van der Waals surface area (Å²) in [7, 11) is -3.47. The van der Waals surface area contributed by atoms with Crippen molar-refractivity contribution in [2.45, 2.75) is 50.7 Å². The average molecular weight is 429 g/mol. The molecule has 0 aromatic heterocycles. The number of benzene rings is 1. The highest BCUT2D eigenvalue weighted by Gasteiger charge is 2.21. The third-order valence-electron chi connectivity index (χ3n) is 4.68. The lowest BCUT2D eigenvalue weighted by atomic mass is 10.2. The molecule has 6 nitrogen and oxygen atoms in total. The number of carbonyl (C=O) groups excluding carboxylic acids is 1. The molecule has 1 aliphatic rings. The Labute approximate surface area is 173 Å². The van der Waals surface area contributed by atoms with E-state index in [2.05, 4.69) is 5.32 Å². The zero-order valence-corrected chi connectivity index (χ0v) is 18.5. The Morgan fingerprint density at radius 2 is 2.00 bits per heavy atom. The molecule has 0 radical (unpaired) electrons. The average Bonchev–Trinajstić information content (AvgIpc) is 3.16. The summed E-state index contributed by atoms with van der Waals surface area (Å²) in [6.07, 6.45) is 7.18. The number of nitrogens with zero attached hydrogens (tertiary/aromatic N) is 1. The summed E-state index contributed by atoms with van der Waals surface area (Å²) >= 11 is 1.95. The minimum absolute atomic E-state index is 0.0291. The molecule has 1 aromatic carbocycles. The topological polar surface area (TPSA) is 75.7 Å². The first kappa shape index (κ1) is 22.9. The number of nitrogens with one attached hydrogen (secondary N) is 1. The third kappa shape index (κ3) is 7.54. The molecule has 0 bridgehead atoms. The summed E-state index contributed by atoms with van der Waals surface area (Å²) in [5, 5.41) is 3.69. The van der Waals surface area contributed by atoms with Gasteiger partial charge in [-0.15, -0.1) is 0 Å². The zero-order valence-electron chi connectivity index (χ0n) is 16.9. The number of hydrogen-bond acceptors (Lipinski definition) is 5. The van der Waals surface area contributed by atoms with Crippen molar-refractivity contribution in [2.75, 3.05) is 36.0 Å². The molecule has 0 spiro atoms. The molecule has 1 saturated carbocycles. The van der Waals surface area contributed by atoms with Gasteiger partial charge in [-0.1, -0.05) is 25.0 Å². The lowest BCUT2D eigenvalue weighted by molar-refractivity contribution is -0.121. The van der Waals surface area contributed by atoms with Crippen molar-refractivity contribution < 1.29 is 17.9 Å². The van der Waals surface area contributed by atoms with Crippen molar-refractivity contribution in [3.05, 3.63) is 24.3 Å². The van der Waals surface area contributed by atoms with Gasteiger partial charge in [-0.2, -0.15) is 11.8 Å². The van der Waals surface area contributed by atoms with E-state index in [1.807, 2.05) is 24.8 Å². The Kier molecular flexibility index (Phi) is 9.44. The molecule has 28 heavy (non-hydrogen) atoms. The highest BCUT2D eigenvalue weighted by molar-refractivity contribution is 7.99. The molecular formula is C20H32N2O4S2. The van der Waals surface area contributed by atoms with Gasteiger partial charge in [0, 0.05) is 30.5 Å². The molecule has 1 N–H and O–H groups in total. The monoisotopic (exact) mass is 428 g/mol. The van der Waals surface area contributed by atoms with Gasteiger partial charge in [0.05, 0.1) is 18.6 Å². The van der Waals surface area contributed by atoms with Gasteiger partial charge >= 0.3 is 0 Å². The first-order valence-electron chi connectivity index (χ1n) is 9.99. The van der Waals surface area contributed by atoms with Crippen molar-refractivity contribution in [3.63, 3.8) is 0 Å². The standard InChI is InChI=1S/C20H32N2O4S2/c1-3-26-19-12-7-6-11-18(19)22(28(2,24)25)15-8-13-20(23)21-14-16-27-17-9-4-5-10-17/h6-7,11-12,17H,3-5,8-10,13-16H2,1-2H3,(H,21,23). The SMILES string of the molecule is CCOc1ccccc1N(CCCC(=O)NCCSC1CCCC1)S(C)(=O)=O. The van der Waals surface area contributed by atoms with Crippen LogP contribution in [0, 0.1) is 0 Å². The lowest BCUT2D eigenvalue weighted by Gasteiger charge is -2.24. The van der Waals surface area contributed by atoms with Gasteiger partial charge in [-0.3, -0.25) is 9.10 Å². The van der Waals surface area contributed by atoms with Crippen LogP contribution in [-0.2, 0) is 14.8 Å². The Bertz CT molecular complexity index is 719. The summed E-state index contributed by atoms with van der Waals surface area (Å²) in [5.41, 5.74) is 0.514. The Balaban J connectivity index is 1.79. The predicted molar refractivity (Wildman–Crippen MR) is 117 cm³/mol. The number of rotatable bonds is 12. The summed E-state index contributed by atoms with van der Waals surface area (Å²) in [6, 6.07) is 7.08. The van der Waals surface area contributed by atoms with Crippen LogP contribution in [0.2, 0.25) is 0 Å². The van der Waals surface area contributed by atoms with Gasteiger partial charge in [-0.25, -0.2) is 8.42 Å². The summed E-state index contributed by atoms with van der Waals surface area (Å²) < 4.78 is 31.4. The van der Waals surface area contributed by atoms with Crippen molar-refractivity contribution in [2.24, 2.45) is 0 Å². The third-order valence-corrected chi connectivity index (χ3v) is 7.24. The smallest absolute Gasteiger partial charge is 0.232 e. The maximum atomic E-state index is 12.3. The van der Waals surface area contributed by atoms with E-state index in [1.165, 1.54) is 36.2 Å². The van der Waals surface area contributed by atoms with Crippen molar-refractivity contribution in [3.8, 4) is 5.75 Å². The number of carbonyl (C=O) groups is 1. The molecule has 1 aromatic rings. The van der Waals surface area contributed by atoms with Gasteiger partial charge in [0.1, 0.15) is 5.75 Å². The van der Waals surface area contributed by atoms with Crippen LogP contribution in [0.1, 0.15) is 45.4 Å². The fourth-order valence-corrected chi connectivity index (χ4v) is 5.54. The molecular weight excluding hydrogens is 396 g/mol. The number of hydrogen-bond donors (Lipinski definition) is 1. The van der Waals surface area contributed by atoms with E-state index >= 15 is 0 Å². The number of anilines is 1. The van der Waals surface area contributed by atoms with Crippen LogP contribution in [0.15, 0.2) is 24.3 Å². The van der Waals surface area contributed by atoms with Crippen LogP contribution in [-0.4, -0.2) is 51.3 Å². The predicted octanol–water partition coefficient (Wildman–Crippen LogP) is 3.42. The van der Waals surface area contributed by atoms with Gasteiger partial charge in [0.25, 0.3) is 0 Å². The Hall–Kier alpha value is -1.41. The van der Waals surface area contributed by atoms with Crippen molar-refractivity contribution in [1.29, 1.82) is 0 Å². The molecule has 2 rings (SSSR count). The van der Waals surface area contributed by atoms with E-state index in [-0.39, 0.29) is 12.5 Å². The molecule has 0 unspecified atom stereocenters. The van der Waals surface area contributed by atoms with Gasteiger partial charge in [0.2, 0.25) is 15.9 Å². The van der Waals surface area contributed by atoms with Crippen LogP contribution >= 0.6 is 11.8 Å². The first-order valence-corrected chi connectivity index (χ1v) is 12.9. The fourth-order valence-electron chi connectivity index (χ4n) is 3.35. The van der Waals surface area contributed by atoms with Crippen molar-refractivity contribution in [1.82, 2.24) is 5.32 Å². The Morgan fingerprint density at radius 3 is 2.68 bits per heavy atom. The second-order valence-corrected chi connectivity index (χ2v) is 10.3.